The van der Waals surface area contributed by atoms with E-state index in [9.17, 15) is 9.18 Å². The van der Waals surface area contributed by atoms with Gasteiger partial charge in [-0.15, -0.1) is 11.8 Å². The van der Waals surface area contributed by atoms with Crippen LogP contribution in [0.4, 0.5) is 4.39 Å². The third kappa shape index (κ3) is 4.29. The minimum Gasteiger partial charge on any atom is -0.376 e. The quantitative estimate of drug-likeness (QED) is 0.881. The normalized spacial score (nSPS) is 24.9. The number of amides is 1. The van der Waals surface area contributed by atoms with Crippen molar-refractivity contribution in [3.63, 3.8) is 0 Å². The molecule has 0 unspecified atom stereocenters. The molecular weight excluding hydrogens is 329 g/mol. The maximum Gasteiger partial charge on any atom is 0.249 e. The highest BCUT2D eigenvalue weighted by atomic mass is 32.2. The van der Waals surface area contributed by atoms with Crippen molar-refractivity contribution in [2.75, 3.05) is 19.0 Å². The molecule has 1 amide bonds. The van der Waals surface area contributed by atoms with E-state index in [1.807, 2.05) is 6.07 Å². The highest BCUT2D eigenvalue weighted by molar-refractivity contribution is 7.99. The molecule has 0 bridgehead atoms. The van der Waals surface area contributed by atoms with Crippen LogP contribution in [0.15, 0.2) is 23.1 Å². The van der Waals surface area contributed by atoms with E-state index in [0.717, 1.165) is 43.6 Å². The molecule has 3 atom stereocenters. The lowest BCUT2D eigenvalue weighted by molar-refractivity contribution is -0.136. The van der Waals surface area contributed by atoms with Gasteiger partial charge in [0.05, 0.1) is 18.8 Å². The molecule has 24 heavy (non-hydrogen) atoms. The van der Waals surface area contributed by atoms with Crippen LogP contribution in [-0.4, -0.2) is 37.1 Å². The summed E-state index contributed by atoms with van der Waals surface area (Å²) in [6.45, 7) is 2.97. The molecule has 132 valence electrons. The fraction of sp³-hybridized carbons (Fsp3) is 0.611. The molecule has 2 aliphatic heterocycles. The first-order valence-corrected chi connectivity index (χ1v) is 9.58. The molecule has 1 aromatic rings. The summed E-state index contributed by atoms with van der Waals surface area (Å²) in [5.74, 6) is 0.428. The Morgan fingerprint density at radius 3 is 3.12 bits per heavy atom. The van der Waals surface area contributed by atoms with Gasteiger partial charge in [0.25, 0.3) is 0 Å². The summed E-state index contributed by atoms with van der Waals surface area (Å²) in [5, 5.41) is 3.01. The van der Waals surface area contributed by atoms with Gasteiger partial charge in [0, 0.05) is 17.3 Å². The van der Waals surface area contributed by atoms with Crippen LogP contribution in [0.1, 0.15) is 44.2 Å². The lowest BCUT2D eigenvalue weighted by Gasteiger charge is -2.28. The molecule has 0 aliphatic carbocycles. The largest absolute Gasteiger partial charge is 0.376 e. The van der Waals surface area contributed by atoms with Crippen molar-refractivity contribution in [2.45, 2.75) is 55.8 Å². The van der Waals surface area contributed by atoms with Crippen LogP contribution in [0.3, 0.4) is 0 Å². The van der Waals surface area contributed by atoms with Crippen molar-refractivity contribution in [3.8, 4) is 0 Å². The third-order valence-electron chi connectivity index (χ3n) is 4.52. The zero-order valence-corrected chi connectivity index (χ0v) is 14.7. The van der Waals surface area contributed by atoms with Crippen molar-refractivity contribution in [1.29, 1.82) is 0 Å². The Kier molecular flexibility index (Phi) is 6.14. The summed E-state index contributed by atoms with van der Waals surface area (Å²) in [5.41, 5.74) is 0.863. The van der Waals surface area contributed by atoms with Gasteiger partial charge in [-0.05, 0) is 44.2 Å². The number of rotatable bonds is 5. The minimum atomic E-state index is -0.540. The molecule has 0 aromatic heterocycles. The predicted octanol–water partition coefficient (Wildman–Crippen LogP) is 3.45. The summed E-state index contributed by atoms with van der Waals surface area (Å²) in [4.78, 5) is 13.1. The van der Waals surface area contributed by atoms with E-state index >= 15 is 0 Å². The SMILES string of the molecule is C[C@H](OC[C@@H]1CCCCO1)C(=O)N[C@@H]1CCSc2c(F)cccc21. The number of carbonyl (C=O) groups is 1. The van der Waals surface area contributed by atoms with E-state index in [1.165, 1.54) is 17.8 Å². The molecule has 3 rings (SSSR count). The van der Waals surface area contributed by atoms with Crippen LogP contribution in [0.25, 0.3) is 0 Å². The van der Waals surface area contributed by atoms with Gasteiger partial charge in [-0.25, -0.2) is 4.39 Å². The van der Waals surface area contributed by atoms with Crippen LogP contribution in [0.5, 0.6) is 0 Å². The van der Waals surface area contributed by atoms with Gasteiger partial charge in [0.15, 0.2) is 0 Å². The maximum atomic E-state index is 13.9. The summed E-state index contributed by atoms with van der Waals surface area (Å²) in [6, 6.07) is 4.89. The number of ether oxygens (including phenoxy) is 2. The second-order valence-corrected chi connectivity index (χ2v) is 7.43. The summed E-state index contributed by atoms with van der Waals surface area (Å²) < 4.78 is 25.2. The molecule has 1 fully saturated rings. The Labute approximate surface area is 146 Å². The lowest BCUT2D eigenvalue weighted by atomic mass is 10.0. The van der Waals surface area contributed by atoms with E-state index in [-0.39, 0.29) is 23.9 Å². The number of thioether (sulfide) groups is 1. The van der Waals surface area contributed by atoms with E-state index in [1.54, 1.807) is 13.0 Å². The number of nitrogens with one attached hydrogen (secondary N) is 1. The maximum absolute atomic E-state index is 13.9. The Hall–Kier alpha value is -1.11. The fourth-order valence-corrected chi connectivity index (χ4v) is 4.23. The Balaban J connectivity index is 1.54. The van der Waals surface area contributed by atoms with Gasteiger partial charge in [-0.2, -0.15) is 0 Å². The van der Waals surface area contributed by atoms with Crippen molar-refractivity contribution < 1.29 is 18.7 Å². The van der Waals surface area contributed by atoms with Crippen molar-refractivity contribution in [1.82, 2.24) is 5.32 Å². The third-order valence-corrected chi connectivity index (χ3v) is 5.68. The molecule has 2 aliphatic rings. The van der Waals surface area contributed by atoms with Gasteiger partial charge in [0.1, 0.15) is 11.9 Å². The Morgan fingerprint density at radius 1 is 1.46 bits per heavy atom. The van der Waals surface area contributed by atoms with Crippen LogP contribution < -0.4 is 5.32 Å². The van der Waals surface area contributed by atoms with Gasteiger partial charge in [0.2, 0.25) is 5.91 Å². The molecule has 0 saturated carbocycles. The molecule has 0 radical (unpaired) electrons. The highest BCUT2D eigenvalue weighted by Crippen LogP contribution is 2.37. The lowest BCUT2D eigenvalue weighted by Crippen LogP contribution is -2.39. The number of fused-ring (bicyclic) bond motifs is 1. The molecule has 1 aromatic carbocycles. The average molecular weight is 353 g/mol. The summed E-state index contributed by atoms with van der Waals surface area (Å²) in [6.07, 6.45) is 3.59. The van der Waals surface area contributed by atoms with Gasteiger partial charge < -0.3 is 14.8 Å². The molecule has 4 nitrogen and oxygen atoms in total. The highest BCUT2D eigenvalue weighted by Gasteiger charge is 2.26. The van der Waals surface area contributed by atoms with Crippen molar-refractivity contribution >= 4 is 17.7 Å². The zero-order chi connectivity index (χ0) is 16.9. The second kappa shape index (κ2) is 8.32. The first kappa shape index (κ1) is 17.7. The van der Waals surface area contributed by atoms with Gasteiger partial charge >= 0.3 is 0 Å². The van der Waals surface area contributed by atoms with Crippen LogP contribution in [0, 0.1) is 5.82 Å². The predicted molar refractivity (Wildman–Crippen MR) is 91.6 cm³/mol. The Bertz CT molecular complexity index is 577. The standard InChI is InChI=1S/C18H24FNO3S/c1-12(23-11-13-5-2-3-9-22-13)18(21)20-16-8-10-24-17-14(16)6-4-7-15(17)19/h4,6-7,12-13,16H,2-3,5,8-11H2,1H3,(H,20,21)/t12-,13-,16+/m0/s1. The van der Waals surface area contributed by atoms with Crippen LogP contribution in [-0.2, 0) is 14.3 Å². The monoisotopic (exact) mass is 353 g/mol. The molecule has 1 saturated heterocycles. The fourth-order valence-electron chi connectivity index (χ4n) is 3.09. The average Bonchev–Trinajstić information content (AvgIpc) is 2.61. The van der Waals surface area contributed by atoms with Crippen LogP contribution in [0.2, 0.25) is 0 Å². The van der Waals surface area contributed by atoms with E-state index < -0.39 is 6.10 Å². The summed E-state index contributed by atoms with van der Waals surface area (Å²) >= 11 is 1.51. The number of hydrogen-bond acceptors (Lipinski definition) is 4. The summed E-state index contributed by atoms with van der Waals surface area (Å²) in [7, 11) is 0. The smallest absolute Gasteiger partial charge is 0.249 e. The minimum absolute atomic E-state index is 0.0925. The molecular formula is C18H24FNO3S. The molecule has 1 N–H and O–H groups in total. The molecule has 6 heteroatoms. The second-order valence-electron chi connectivity index (χ2n) is 6.32. The number of halogens is 1. The topological polar surface area (TPSA) is 47.6 Å². The van der Waals surface area contributed by atoms with Crippen molar-refractivity contribution in [2.24, 2.45) is 0 Å². The molecule has 0 spiro atoms. The zero-order valence-electron chi connectivity index (χ0n) is 13.9. The first-order valence-electron chi connectivity index (χ1n) is 8.60. The van der Waals surface area contributed by atoms with Crippen molar-refractivity contribution in [3.05, 3.63) is 29.6 Å². The number of benzene rings is 1. The number of carbonyl (C=O) groups excluding carboxylic acids is 1. The first-order chi connectivity index (χ1) is 11.6. The van der Waals surface area contributed by atoms with E-state index in [0.29, 0.717) is 11.5 Å². The van der Waals surface area contributed by atoms with E-state index in [4.69, 9.17) is 9.47 Å². The number of hydrogen-bond donors (Lipinski definition) is 1. The molecule has 2 heterocycles. The Morgan fingerprint density at radius 2 is 2.33 bits per heavy atom. The van der Waals surface area contributed by atoms with Crippen LogP contribution >= 0.6 is 11.8 Å². The van der Waals surface area contributed by atoms with Gasteiger partial charge in [-0.3, -0.25) is 4.79 Å². The van der Waals surface area contributed by atoms with E-state index in [2.05, 4.69) is 5.32 Å². The van der Waals surface area contributed by atoms with Gasteiger partial charge in [-0.1, -0.05) is 12.1 Å².